The molecular weight excluding hydrogens is 262 g/mol. The second-order valence-corrected chi connectivity index (χ2v) is 5.64. The highest BCUT2D eigenvalue weighted by Gasteiger charge is 2.14. The third-order valence-electron chi connectivity index (χ3n) is 3.41. The van der Waals surface area contributed by atoms with E-state index in [-0.39, 0.29) is 5.92 Å². The van der Waals surface area contributed by atoms with Gasteiger partial charge in [-0.25, -0.2) is 4.98 Å². The van der Waals surface area contributed by atoms with Gasteiger partial charge in [0, 0.05) is 13.0 Å². The van der Waals surface area contributed by atoms with Crippen molar-refractivity contribution in [1.29, 1.82) is 0 Å². The van der Waals surface area contributed by atoms with E-state index < -0.39 is 0 Å². The van der Waals surface area contributed by atoms with Crippen LogP contribution in [0.3, 0.4) is 0 Å². The summed E-state index contributed by atoms with van der Waals surface area (Å²) in [5, 5.41) is 3.11. The van der Waals surface area contributed by atoms with Crippen LogP contribution in [0.15, 0.2) is 18.2 Å². The fourth-order valence-electron chi connectivity index (χ4n) is 2.13. The Morgan fingerprint density at radius 1 is 1.10 bits per heavy atom. The third kappa shape index (κ3) is 3.32. The number of hydrogen-bond acceptors (Lipinski definition) is 4. The molecule has 0 saturated carbocycles. The second kappa shape index (κ2) is 6.12. The maximum absolute atomic E-state index is 6.04. The zero-order valence-corrected chi connectivity index (χ0v) is 13.6. The van der Waals surface area contributed by atoms with Crippen LogP contribution in [0.5, 0.6) is 11.6 Å². The summed E-state index contributed by atoms with van der Waals surface area (Å²) in [6.07, 6.45) is 0. The van der Waals surface area contributed by atoms with Gasteiger partial charge in [-0.05, 0) is 32.4 Å². The lowest BCUT2D eigenvalue weighted by Crippen LogP contribution is -2.06. The lowest BCUT2D eigenvalue weighted by Gasteiger charge is -2.15. The highest BCUT2D eigenvalue weighted by Crippen LogP contribution is 2.30. The van der Waals surface area contributed by atoms with E-state index in [0.717, 1.165) is 28.5 Å². The quantitative estimate of drug-likeness (QED) is 0.906. The molecule has 1 heterocycles. The minimum Gasteiger partial charge on any atom is -0.438 e. The summed E-state index contributed by atoms with van der Waals surface area (Å²) < 4.78 is 6.04. The summed E-state index contributed by atoms with van der Waals surface area (Å²) in [6, 6.07) is 6.13. The Morgan fingerprint density at radius 2 is 1.81 bits per heavy atom. The van der Waals surface area contributed by atoms with Gasteiger partial charge in [0.25, 0.3) is 0 Å². The van der Waals surface area contributed by atoms with Gasteiger partial charge in [0.2, 0.25) is 5.88 Å². The van der Waals surface area contributed by atoms with Gasteiger partial charge < -0.3 is 10.1 Å². The average molecular weight is 285 g/mol. The first-order chi connectivity index (χ1) is 9.92. The summed E-state index contributed by atoms with van der Waals surface area (Å²) in [4.78, 5) is 9.09. The number of aromatic nitrogens is 2. The summed E-state index contributed by atoms with van der Waals surface area (Å²) in [7, 11) is 1.86. The molecule has 0 amide bonds. The highest BCUT2D eigenvalue weighted by molar-refractivity contribution is 5.50. The van der Waals surface area contributed by atoms with Crippen molar-refractivity contribution in [3.05, 3.63) is 40.7 Å². The zero-order chi connectivity index (χ0) is 15.6. The molecule has 1 aromatic heterocycles. The van der Waals surface area contributed by atoms with Crippen LogP contribution in [0.1, 0.15) is 42.3 Å². The Morgan fingerprint density at radius 3 is 2.38 bits per heavy atom. The van der Waals surface area contributed by atoms with Crippen molar-refractivity contribution in [2.75, 3.05) is 12.4 Å². The second-order valence-electron chi connectivity index (χ2n) is 5.64. The molecule has 0 aliphatic heterocycles. The number of nitrogens with one attached hydrogen (secondary N) is 1. The van der Waals surface area contributed by atoms with Crippen molar-refractivity contribution >= 4 is 5.82 Å². The van der Waals surface area contributed by atoms with Gasteiger partial charge in [0.15, 0.2) is 0 Å². The van der Waals surface area contributed by atoms with Crippen molar-refractivity contribution in [3.8, 4) is 11.6 Å². The lowest BCUT2D eigenvalue weighted by molar-refractivity contribution is 0.450. The molecule has 0 spiro atoms. The number of rotatable bonds is 4. The van der Waals surface area contributed by atoms with E-state index >= 15 is 0 Å². The molecule has 0 radical (unpaired) electrons. The molecule has 21 heavy (non-hydrogen) atoms. The topological polar surface area (TPSA) is 47.0 Å². The molecule has 4 nitrogen and oxygen atoms in total. The van der Waals surface area contributed by atoms with Crippen LogP contribution >= 0.6 is 0 Å². The van der Waals surface area contributed by atoms with Gasteiger partial charge in [-0.3, -0.25) is 0 Å². The number of ether oxygens (including phenoxy) is 1. The largest absolute Gasteiger partial charge is 0.438 e. The molecule has 0 bridgehead atoms. The van der Waals surface area contributed by atoms with Crippen LogP contribution in [0.4, 0.5) is 5.82 Å². The molecule has 0 unspecified atom stereocenters. The Kier molecular flexibility index (Phi) is 4.46. The monoisotopic (exact) mass is 285 g/mol. The number of nitrogens with zero attached hydrogens (tertiary/aromatic N) is 2. The molecule has 1 N–H and O–H groups in total. The molecule has 1 aromatic carbocycles. The summed E-state index contributed by atoms with van der Waals surface area (Å²) in [5.74, 6) is 3.29. The van der Waals surface area contributed by atoms with Crippen LogP contribution in [0, 0.1) is 20.8 Å². The van der Waals surface area contributed by atoms with E-state index in [1.807, 2.05) is 33.0 Å². The maximum atomic E-state index is 6.04. The van der Waals surface area contributed by atoms with Crippen molar-refractivity contribution in [3.63, 3.8) is 0 Å². The van der Waals surface area contributed by atoms with Gasteiger partial charge in [0.05, 0.1) is 5.56 Å². The number of anilines is 1. The van der Waals surface area contributed by atoms with E-state index in [1.54, 1.807) is 0 Å². The number of benzene rings is 1. The average Bonchev–Trinajstić information content (AvgIpc) is 2.43. The first-order valence-electron chi connectivity index (χ1n) is 7.23. The van der Waals surface area contributed by atoms with Gasteiger partial charge >= 0.3 is 0 Å². The first-order valence-corrected chi connectivity index (χ1v) is 7.23. The molecule has 0 aliphatic carbocycles. The van der Waals surface area contributed by atoms with Gasteiger partial charge in [0.1, 0.15) is 17.4 Å². The smallest absolute Gasteiger partial charge is 0.227 e. The van der Waals surface area contributed by atoms with Crippen LogP contribution in [0.25, 0.3) is 0 Å². The van der Waals surface area contributed by atoms with E-state index in [4.69, 9.17) is 4.74 Å². The van der Waals surface area contributed by atoms with Crippen molar-refractivity contribution in [2.45, 2.75) is 40.5 Å². The van der Waals surface area contributed by atoms with Crippen LogP contribution in [-0.2, 0) is 0 Å². The molecule has 4 heteroatoms. The fourth-order valence-corrected chi connectivity index (χ4v) is 2.13. The minimum atomic E-state index is 0.249. The van der Waals surface area contributed by atoms with E-state index in [9.17, 15) is 0 Å². The molecule has 2 rings (SSSR count). The zero-order valence-electron chi connectivity index (χ0n) is 13.6. The standard InChI is InChI=1S/C17H23N3O/c1-10(2)15-19-16(18-6)13(5)17(20-15)21-14-8-7-11(3)9-12(14)4/h7-10H,1-6H3,(H,18,19,20). The predicted molar refractivity (Wildman–Crippen MR) is 86.4 cm³/mol. The summed E-state index contributed by atoms with van der Waals surface area (Å²) in [6.45, 7) is 10.2. The summed E-state index contributed by atoms with van der Waals surface area (Å²) >= 11 is 0. The van der Waals surface area contributed by atoms with Crippen LogP contribution < -0.4 is 10.1 Å². The predicted octanol–water partition coefficient (Wildman–Crippen LogP) is 4.36. The molecule has 0 fully saturated rings. The Labute approximate surface area is 126 Å². The molecule has 2 aromatic rings. The summed E-state index contributed by atoms with van der Waals surface area (Å²) in [5.41, 5.74) is 3.24. The molecule has 0 aliphatic rings. The molecular formula is C17H23N3O. The van der Waals surface area contributed by atoms with Crippen molar-refractivity contribution in [1.82, 2.24) is 9.97 Å². The first kappa shape index (κ1) is 15.3. The van der Waals surface area contributed by atoms with E-state index in [1.165, 1.54) is 5.56 Å². The molecule has 0 saturated heterocycles. The maximum Gasteiger partial charge on any atom is 0.227 e. The molecule has 0 atom stereocenters. The Hall–Kier alpha value is -2.10. The van der Waals surface area contributed by atoms with E-state index in [2.05, 4.69) is 42.1 Å². The van der Waals surface area contributed by atoms with Crippen molar-refractivity contribution < 1.29 is 4.74 Å². The molecule has 112 valence electrons. The Balaban J connectivity index is 2.45. The third-order valence-corrected chi connectivity index (χ3v) is 3.41. The van der Waals surface area contributed by atoms with Crippen LogP contribution in [0.2, 0.25) is 0 Å². The van der Waals surface area contributed by atoms with Crippen LogP contribution in [-0.4, -0.2) is 17.0 Å². The Bertz CT molecular complexity index is 651. The van der Waals surface area contributed by atoms with E-state index in [0.29, 0.717) is 5.88 Å². The SMILES string of the molecule is CNc1nc(C(C)C)nc(Oc2ccc(C)cc2C)c1C. The van der Waals surface area contributed by atoms with Gasteiger partial charge in [-0.1, -0.05) is 31.5 Å². The van der Waals surface area contributed by atoms with Gasteiger partial charge in [-0.2, -0.15) is 4.98 Å². The minimum absolute atomic E-state index is 0.249. The van der Waals surface area contributed by atoms with Crippen molar-refractivity contribution in [2.24, 2.45) is 0 Å². The van der Waals surface area contributed by atoms with Gasteiger partial charge in [-0.15, -0.1) is 0 Å². The number of hydrogen-bond donors (Lipinski definition) is 1. The fraction of sp³-hybridized carbons (Fsp3) is 0.412. The highest BCUT2D eigenvalue weighted by atomic mass is 16.5. The normalized spacial score (nSPS) is 10.8. The lowest BCUT2D eigenvalue weighted by atomic mass is 10.1. The number of aryl methyl sites for hydroxylation is 2.